The topological polar surface area (TPSA) is 120 Å². The van der Waals surface area contributed by atoms with Gasteiger partial charge in [0.25, 0.3) is 0 Å². The van der Waals surface area contributed by atoms with E-state index in [0.29, 0.717) is 24.1 Å². The number of pyridine rings is 1. The molecular formula is C20H29N7O2. The van der Waals surface area contributed by atoms with Gasteiger partial charge in [0.2, 0.25) is 0 Å². The van der Waals surface area contributed by atoms with Gasteiger partial charge >= 0.3 is 5.97 Å². The number of carboxylic acid groups (broad SMARTS) is 1. The van der Waals surface area contributed by atoms with Crippen molar-refractivity contribution in [3.8, 4) is 0 Å². The zero-order valence-electron chi connectivity index (χ0n) is 17.0. The maximum Gasteiger partial charge on any atom is 0.307 e. The lowest BCUT2D eigenvalue weighted by Crippen LogP contribution is -2.57. The lowest BCUT2D eigenvalue weighted by Gasteiger charge is -2.48. The van der Waals surface area contributed by atoms with E-state index in [2.05, 4.69) is 35.8 Å². The summed E-state index contributed by atoms with van der Waals surface area (Å²) in [6.07, 6.45) is 4.17. The van der Waals surface area contributed by atoms with E-state index >= 15 is 0 Å². The summed E-state index contributed by atoms with van der Waals surface area (Å²) in [5, 5.41) is 27.5. The highest BCUT2D eigenvalue weighted by molar-refractivity contribution is 5.71. The molecule has 0 unspecified atom stereocenters. The van der Waals surface area contributed by atoms with E-state index in [1.807, 2.05) is 32.2 Å². The Morgan fingerprint density at radius 1 is 1.34 bits per heavy atom. The van der Waals surface area contributed by atoms with Crippen LogP contribution in [0.1, 0.15) is 44.0 Å². The monoisotopic (exact) mass is 399 g/mol. The number of nitrogens with one attached hydrogen (secondary N) is 2. The average Bonchev–Trinajstić information content (AvgIpc) is 3.35. The summed E-state index contributed by atoms with van der Waals surface area (Å²) >= 11 is 0. The molecule has 156 valence electrons. The smallest absolute Gasteiger partial charge is 0.307 e. The first-order chi connectivity index (χ1) is 14.0. The van der Waals surface area contributed by atoms with Gasteiger partial charge in [-0.25, -0.2) is 4.98 Å². The van der Waals surface area contributed by atoms with E-state index in [0.717, 1.165) is 37.6 Å². The zero-order chi connectivity index (χ0) is 20.4. The summed E-state index contributed by atoms with van der Waals surface area (Å²) < 4.78 is 0. The van der Waals surface area contributed by atoms with Gasteiger partial charge in [0.1, 0.15) is 5.82 Å². The molecule has 0 radical (unpaired) electrons. The van der Waals surface area contributed by atoms with E-state index in [1.165, 1.54) is 6.42 Å². The standard InChI is InChI=1S/C20H29N7O2/c1-13(2)7-16(19(28)29)15(18-23-25-26-24-18)8-14-3-4-17(22-9-14)27-11-20(12-27)5-6-21-10-20/h3-4,9,13,15-16,21H,5-8,10-12H2,1-2H3,(H,28,29)(H,23,24,25,26)/t15-,16-/m0/s1. The Bertz CT molecular complexity index is 808. The Kier molecular flexibility index (Phi) is 5.49. The molecule has 2 aromatic heterocycles. The van der Waals surface area contributed by atoms with E-state index in [-0.39, 0.29) is 11.8 Å². The maximum absolute atomic E-state index is 12.0. The van der Waals surface area contributed by atoms with Crippen LogP contribution in [0.4, 0.5) is 5.82 Å². The van der Waals surface area contributed by atoms with Crippen LogP contribution in [0.2, 0.25) is 0 Å². The summed E-state index contributed by atoms with van der Waals surface area (Å²) in [5.41, 5.74) is 1.41. The lowest BCUT2D eigenvalue weighted by molar-refractivity contribution is -0.143. The first-order valence-corrected chi connectivity index (χ1v) is 10.3. The highest BCUT2D eigenvalue weighted by Gasteiger charge is 2.45. The number of aromatic amines is 1. The van der Waals surface area contributed by atoms with Crippen LogP contribution in [-0.4, -0.2) is 62.9 Å². The lowest BCUT2D eigenvalue weighted by atomic mass is 9.79. The Balaban J connectivity index is 1.47. The van der Waals surface area contributed by atoms with Crippen molar-refractivity contribution in [1.29, 1.82) is 0 Å². The molecule has 0 saturated carbocycles. The number of hydrogen-bond acceptors (Lipinski definition) is 7. The second-order valence-corrected chi connectivity index (χ2v) is 8.96. The highest BCUT2D eigenvalue weighted by Crippen LogP contribution is 2.38. The highest BCUT2D eigenvalue weighted by atomic mass is 16.4. The molecule has 2 saturated heterocycles. The summed E-state index contributed by atoms with van der Waals surface area (Å²) in [6.45, 7) is 8.36. The molecular weight excluding hydrogens is 370 g/mol. The van der Waals surface area contributed by atoms with E-state index in [9.17, 15) is 9.90 Å². The summed E-state index contributed by atoms with van der Waals surface area (Å²) in [7, 11) is 0. The number of nitrogens with zero attached hydrogens (tertiary/aromatic N) is 5. The molecule has 2 fully saturated rings. The Morgan fingerprint density at radius 3 is 2.72 bits per heavy atom. The third-order valence-electron chi connectivity index (χ3n) is 6.19. The molecule has 9 heteroatoms. The van der Waals surface area contributed by atoms with Crippen LogP contribution in [-0.2, 0) is 11.2 Å². The molecule has 3 N–H and O–H groups in total. The normalized spacial score (nSPS) is 20.0. The molecule has 2 aliphatic rings. The van der Waals surface area contributed by atoms with E-state index in [4.69, 9.17) is 0 Å². The summed E-state index contributed by atoms with van der Waals surface area (Å²) in [6, 6.07) is 4.08. The maximum atomic E-state index is 12.0. The van der Waals surface area contributed by atoms with Crippen molar-refractivity contribution in [2.75, 3.05) is 31.1 Å². The molecule has 1 spiro atoms. The SMILES string of the molecule is CC(C)C[C@H](C(=O)O)[C@H](Cc1ccc(N2CC3(CCNC3)C2)nc1)c1nn[nH]n1. The van der Waals surface area contributed by atoms with Gasteiger partial charge in [-0.15, -0.1) is 10.2 Å². The third-order valence-corrected chi connectivity index (χ3v) is 6.19. The van der Waals surface area contributed by atoms with Gasteiger partial charge in [0.05, 0.1) is 5.92 Å². The van der Waals surface area contributed by atoms with Gasteiger partial charge in [-0.3, -0.25) is 4.79 Å². The number of tetrazole rings is 1. The van der Waals surface area contributed by atoms with Crippen molar-refractivity contribution < 1.29 is 9.90 Å². The molecule has 0 aliphatic carbocycles. The molecule has 29 heavy (non-hydrogen) atoms. The molecule has 0 aromatic carbocycles. The second-order valence-electron chi connectivity index (χ2n) is 8.96. The predicted molar refractivity (Wildman–Crippen MR) is 108 cm³/mol. The van der Waals surface area contributed by atoms with Crippen molar-refractivity contribution >= 4 is 11.8 Å². The number of hydrogen-bond donors (Lipinski definition) is 3. The number of anilines is 1. The number of aliphatic carboxylic acids is 1. The van der Waals surface area contributed by atoms with Crippen molar-refractivity contribution in [1.82, 2.24) is 30.9 Å². The van der Waals surface area contributed by atoms with Gasteiger partial charge in [0.15, 0.2) is 5.82 Å². The minimum atomic E-state index is -0.825. The molecule has 0 bridgehead atoms. The fourth-order valence-electron chi connectivity index (χ4n) is 4.65. The number of H-pyrrole nitrogens is 1. The average molecular weight is 399 g/mol. The first kappa shape index (κ1) is 19.8. The van der Waals surface area contributed by atoms with Gasteiger partial charge in [-0.2, -0.15) is 5.21 Å². The number of aromatic nitrogens is 5. The van der Waals surface area contributed by atoms with Crippen molar-refractivity contribution in [2.45, 2.75) is 39.0 Å². The van der Waals surface area contributed by atoms with Crippen LogP contribution in [0.25, 0.3) is 0 Å². The molecule has 2 aliphatic heterocycles. The van der Waals surface area contributed by atoms with Crippen LogP contribution in [0, 0.1) is 17.3 Å². The van der Waals surface area contributed by atoms with Crippen LogP contribution < -0.4 is 10.2 Å². The quantitative estimate of drug-likeness (QED) is 0.610. The Labute approximate surface area is 170 Å². The summed E-state index contributed by atoms with van der Waals surface area (Å²) in [4.78, 5) is 18.9. The van der Waals surface area contributed by atoms with Crippen molar-refractivity contribution in [3.05, 3.63) is 29.7 Å². The molecule has 9 nitrogen and oxygen atoms in total. The van der Waals surface area contributed by atoms with Crippen LogP contribution in [0.3, 0.4) is 0 Å². The fraction of sp³-hybridized carbons (Fsp3) is 0.650. The molecule has 2 aromatic rings. The molecule has 0 amide bonds. The number of carboxylic acids is 1. The Morgan fingerprint density at radius 2 is 2.17 bits per heavy atom. The van der Waals surface area contributed by atoms with Crippen LogP contribution in [0.5, 0.6) is 0 Å². The molecule has 4 rings (SSSR count). The van der Waals surface area contributed by atoms with Gasteiger partial charge in [-0.1, -0.05) is 25.1 Å². The van der Waals surface area contributed by atoms with Gasteiger partial charge in [0, 0.05) is 37.2 Å². The molecule has 2 atom stereocenters. The van der Waals surface area contributed by atoms with Crippen molar-refractivity contribution in [2.24, 2.45) is 17.3 Å². The predicted octanol–water partition coefficient (Wildman–Crippen LogP) is 1.47. The molecule has 4 heterocycles. The fourth-order valence-corrected chi connectivity index (χ4v) is 4.65. The minimum absolute atomic E-state index is 0.259. The van der Waals surface area contributed by atoms with Crippen LogP contribution >= 0.6 is 0 Å². The largest absolute Gasteiger partial charge is 0.481 e. The van der Waals surface area contributed by atoms with E-state index < -0.39 is 11.9 Å². The number of carbonyl (C=O) groups is 1. The zero-order valence-corrected chi connectivity index (χ0v) is 17.0. The van der Waals surface area contributed by atoms with Crippen molar-refractivity contribution in [3.63, 3.8) is 0 Å². The first-order valence-electron chi connectivity index (χ1n) is 10.3. The second kappa shape index (κ2) is 8.06. The van der Waals surface area contributed by atoms with Gasteiger partial charge < -0.3 is 15.3 Å². The van der Waals surface area contributed by atoms with Crippen LogP contribution in [0.15, 0.2) is 18.3 Å². The van der Waals surface area contributed by atoms with E-state index in [1.54, 1.807) is 0 Å². The van der Waals surface area contributed by atoms with Gasteiger partial charge in [-0.05, 0) is 43.4 Å². The number of rotatable bonds is 8. The minimum Gasteiger partial charge on any atom is -0.481 e. The third kappa shape index (κ3) is 4.24. The Hall–Kier alpha value is -2.55. The summed E-state index contributed by atoms with van der Waals surface area (Å²) in [5.74, 6) is -0.0561.